The molecule has 0 aromatic carbocycles. The molecular formula is C15H23N3O2. The van der Waals surface area contributed by atoms with E-state index in [-0.39, 0.29) is 11.5 Å². The van der Waals surface area contributed by atoms with Crippen molar-refractivity contribution in [3.63, 3.8) is 0 Å². The third kappa shape index (κ3) is 4.49. The van der Waals surface area contributed by atoms with Crippen LogP contribution >= 0.6 is 0 Å². The molecule has 0 radical (unpaired) electrons. The smallest absolute Gasteiger partial charge is 0.251 e. The summed E-state index contributed by atoms with van der Waals surface area (Å²) in [7, 11) is 0. The van der Waals surface area contributed by atoms with Crippen molar-refractivity contribution in [2.45, 2.75) is 26.2 Å². The van der Waals surface area contributed by atoms with Crippen molar-refractivity contribution in [2.24, 2.45) is 5.92 Å². The number of aromatic amines is 1. The van der Waals surface area contributed by atoms with E-state index in [1.807, 2.05) is 0 Å². The summed E-state index contributed by atoms with van der Waals surface area (Å²) in [5.74, 6) is 0.672. The molecule has 2 rings (SSSR count). The number of hydrogen-bond donors (Lipinski definition) is 2. The largest absolute Gasteiger partial charge is 0.352 e. The van der Waals surface area contributed by atoms with Crippen molar-refractivity contribution in [3.8, 4) is 0 Å². The highest BCUT2D eigenvalue weighted by Gasteiger charge is 2.14. The van der Waals surface area contributed by atoms with Crippen LogP contribution in [0.3, 0.4) is 0 Å². The Kier molecular flexibility index (Phi) is 5.35. The number of nitrogens with one attached hydrogen (secondary N) is 2. The van der Waals surface area contributed by atoms with Crippen LogP contribution in [0.1, 0.15) is 36.5 Å². The molecule has 1 aromatic rings. The second kappa shape index (κ2) is 7.24. The maximum atomic E-state index is 11.8. The van der Waals surface area contributed by atoms with Crippen LogP contribution in [-0.4, -0.2) is 42.0 Å². The Labute approximate surface area is 119 Å². The predicted octanol–water partition coefficient (Wildman–Crippen LogP) is 1.23. The van der Waals surface area contributed by atoms with Crippen LogP contribution < -0.4 is 10.9 Å². The van der Waals surface area contributed by atoms with Gasteiger partial charge in [-0.3, -0.25) is 9.59 Å². The van der Waals surface area contributed by atoms with E-state index in [9.17, 15) is 9.59 Å². The lowest BCUT2D eigenvalue weighted by Gasteiger charge is -2.30. The molecule has 1 aliphatic rings. The molecule has 110 valence electrons. The van der Waals surface area contributed by atoms with Crippen molar-refractivity contribution < 1.29 is 4.79 Å². The first kappa shape index (κ1) is 14.8. The molecule has 1 aromatic heterocycles. The van der Waals surface area contributed by atoms with Crippen LogP contribution in [0.5, 0.6) is 0 Å². The molecule has 0 atom stereocenters. The quantitative estimate of drug-likeness (QED) is 0.796. The molecule has 2 heterocycles. The molecule has 0 bridgehead atoms. The average molecular weight is 277 g/mol. The summed E-state index contributed by atoms with van der Waals surface area (Å²) in [5, 5.41) is 2.86. The number of carbonyl (C=O) groups is 1. The Bertz CT molecular complexity index is 490. The first-order chi connectivity index (χ1) is 9.65. The Morgan fingerprint density at radius 1 is 1.45 bits per heavy atom. The number of nitrogens with zero attached hydrogens (tertiary/aromatic N) is 1. The monoisotopic (exact) mass is 277 g/mol. The zero-order chi connectivity index (χ0) is 14.4. The second-order valence-corrected chi connectivity index (χ2v) is 5.58. The summed E-state index contributed by atoms with van der Waals surface area (Å²) >= 11 is 0. The molecule has 20 heavy (non-hydrogen) atoms. The van der Waals surface area contributed by atoms with Gasteiger partial charge in [0.2, 0.25) is 5.56 Å². The Balaban J connectivity index is 1.66. The molecule has 0 aliphatic carbocycles. The van der Waals surface area contributed by atoms with E-state index in [0.717, 1.165) is 18.9 Å². The van der Waals surface area contributed by atoms with Crippen molar-refractivity contribution in [1.29, 1.82) is 0 Å². The normalized spacial score (nSPS) is 17.1. The maximum Gasteiger partial charge on any atom is 0.251 e. The zero-order valence-electron chi connectivity index (χ0n) is 12.0. The third-order valence-corrected chi connectivity index (χ3v) is 3.85. The number of pyridine rings is 1. The lowest BCUT2D eigenvalue weighted by molar-refractivity contribution is 0.0950. The van der Waals surface area contributed by atoms with E-state index in [1.165, 1.54) is 38.2 Å². The summed E-state index contributed by atoms with van der Waals surface area (Å²) in [6, 6.07) is 2.93. The lowest BCUT2D eigenvalue weighted by Crippen LogP contribution is -2.35. The van der Waals surface area contributed by atoms with Crippen molar-refractivity contribution >= 4 is 5.91 Å². The average Bonchev–Trinajstić information content (AvgIpc) is 2.45. The molecular weight excluding hydrogens is 254 g/mol. The standard InChI is InChI=1S/C15H23N3O2/c1-12-4-9-18(10-5-12)8-2-6-17-15(20)13-3-7-16-14(19)11-13/h3,7,11-12H,2,4-6,8-10H2,1H3,(H,16,19)(H,17,20). The number of hydrogen-bond acceptors (Lipinski definition) is 3. The Hall–Kier alpha value is -1.62. The van der Waals surface area contributed by atoms with Gasteiger partial charge in [0.15, 0.2) is 0 Å². The molecule has 5 heteroatoms. The van der Waals surface area contributed by atoms with Gasteiger partial charge in [-0.15, -0.1) is 0 Å². The zero-order valence-corrected chi connectivity index (χ0v) is 12.0. The SMILES string of the molecule is CC1CCN(CCCNC(=O)c2cc[nH]c(=O)c2)CC1. The molecule has 0 spiro atoms. The van der Waals surface area contributed by atoms with Crippen LogP contribution in [0.25, 0.3) is 0 Å². The van der Waals surface area contributed by atoms with Crippen LogP contribution in [0, 0.1) is 5.92 Å². The summed E-state index contributed by atoms with van der Waals surface area (Å²) in [6.45, 7) is 6.32. The number of amides is 1. The number of carbonyl (C=O) groups excluding carboxylic acids is 1. The van der Waals surface area contributed by atoms with E-state index in [4.69, 9.17) is 0 Å². The first-order valence-electron chi connectivity index (χ1n) is 7.34. The van der Waals surface area contributed by atoms with Gasteiger partial charge in [0, 0.05) is 24.4 Å². The van der Waals surface area contributed by atoms with Gasteiger partial charge in [-0.1, -0.05) is 6.92 Å². The van der Waals surface area contributed by atoms with Crippen LogP contribution in [-0.2, 0) is 0 Å². The number of likely N-dealkylation sites (tertiary alicyclic amines) is 1. The molecule has 2 N–H and O–H groups in total. The fourth-order valence-corrected chi connectivity index (χ4v) is 2.48. The summed E-state index contributed by atoms with van der Waals surface area (Å²) in [5.41, 5.74) is 0.167. The molecule has 1 saturated heterocycles. The maximum absolute atomic E-state index is 11.8. The second-order valence-electron chi connectivity index (χ2n) is 5.58. The van der Waals surface area contributed by atoms with Crippen LogP contribution in [0.2, 0.25) is 0 Å². The van der Waals surface area contributed by atoms with Crippen molar-refractivity contribution in [1.82, 2.24) is 15.2 Å². The van der Waals surface area contributed by atoms with Gasteiger partial charge in [-0.05, 0) is 50.9 Å². The topological polar surface area (TPSA) is 65.2 Å². The van der Waals surface area contributed by atoms with Crippen LogP contribution in [0.15, 0.2) is 23.1 Å². The van der Waals surface area contributed by atoms with Gasteiger partial charge in [-0.2, -0.15) is 0 Å². The fourth-order valence-electron chi connectivity index (χ4n) is 2.48. The minimum Gasteiger partial charge on any atom is -0.352 e. The minimum atomic E-state index is -0.250. The highest BCUT2D eigenvalue weighted by atomic mass is 16.2. The molecule has 5 nitrogen and oxygen atoms in total. The van der Waals surface area contributed by atoms with Gasteiger partial charge in [0.1, 0.15) is 0 Å². The number of aromatic nitrogens is 1. The van der Waals surface area contributed by atoms with Crippen LogP contribution in [0.4, 0.5) is 0 Å². The van der Waals surface area contributed by atoms with E-state index >= 15 is 0 Å². The Morgan fingerprint density at radius 3 is 2.90 bits per heavy atom. The lowest BCUT2D eigenvalue weighted by atomic mass is 9.99. The van der Waals surface area contributed by atoms with Gasteiger partial charge in [0.25, 0.3) is 5.91 Å². The number of H-pyrrole nitrogens is 1. The first-order valence-corrected chi connectivity index (χ1v) is 7.34. The van der Waals surface area contributed by atoms with E-state index in [1.54, 1.807) is 6.07 Å². The Morgan fingerprint density at radius 2 is 2.20 bits per heavy atom. The summed E-state index contributed by atoms with van der Waals surface area (Å²) in [4.78, 5) is 27.9. The predicted molar refractivity (Wildman–Crippen MR) is 78.9 cm³/mol. The van der Waals surface area contributed by atoms with Gasteiger partial charge in [0.05, 0.1) is 0 Å². The van der Waals surface area contributed by atoms with E-state index in [0.29, 0.717) is 12.1 Å². The number of piperidine rings is 1. The fraction of sp³-hybridized carbons (Fsp3) is 0.600. The molecule has 0 unspecified atom stereocenters. The highest BCUT2D eigenvalue weighted by molar-refractivity contribution is 5.93. The summed E-state index contributed by atoms with van der Waals surface area (Å²) < 4.78 is 0. The van der Waals surface area contributed by atoms with Gasteiger partial charge in [-0.25, -0.2) is 0 Å². The third-order valence-electron chi connectivity index (χ3n) is 3.85. The van der Waals surface area contributed by atoms with Crippen molar-refractivity contribution in [2.75, 3.05) is 26.2 Å². The molecule has 0 saturated carbocycles. The minimum absolute atomic E-state index is 0.177. The van der Waals surface area contributed by atoms with Gasteiger partial charge < -0.3 is 15.2 Å². The van der Waals surface area contributed by atoms with E-state index in [2.05, 4.69) is 22.1 Å². The molecule has 1 amide bonds. The highest BCUT2D eigenvalue weighted by Crippen LogP contribution is 2.15. The summed E-state index contributed by atoms with van der Waals surface area (Å²) in [6.07, 6.45) is 4.99. The number of rotatable bonds is 5. The van der Waals surface area contributed by atoms with Crippen molar-refractivity contribution in [3.05, 3.63) is 34.2 Å². The molecule has 1 aliphatic heterocycles. The van der Waals surface area contributed by atoms with E-state index < -0.39 is 0 Å². The van der Waals surface area contributed by atoms with Gasteiger partial charge >= 0.3 is 0 Å². The molecule has 1 fully saturated rings.